The van der Waals surface area contributed by atoms with Crippen LogP contribution in [0.4, 0.5) is 17.6 Å². The molecule has 106 valence electrons. The molecule has 0 amide bonds. The van der Waals surface area contributed by atoms with E-state index in [1.165, 1.54) is 24.3 Å². The summed E-state index contributed by atoms with van der Waals surface area (Å²) in [6, 6.07) is 9.21. The average molecular weight is 286 g/mol. The Morgan fingerprint density at radius 1 is 0.900 bits per heavy atom. The molecule has 0 N–H and O–H groups in total. The van der Waals surface area contributed by atoms with Crippen molar-refractivity contribution in [1.82, 2.24) is 0 Å². The van der Waals surface area contributed by atoms with Crippen LogP contribution in [0.15, 0.2) is 42.5 Å². The second kappa shape index (κ2) is 5.40. The topological polar surface area (TPSA) is 18.5 Å². The van der Waals surface area contributed by atoms with Crippen molar-refractivity contribution >= 4 is 0 Å². The Kier molecular flexibility index (Phi) is 3.83. The molecule has 0 unspecified atom stereocenters. The minimum absolute atomic E-state index is 0.120. The highest BCUT2D eigenvalue weighted by atomic mass is 19.4. The molecule has 0 aromatic heterocycles. The number of hydrogen-bond donors (Lipinski definition) is 0. The van der Waals surface area contributed by atoms with Crippen LogP contribution in [0.3, 0.4) is 0 Å². The Morgan fingerprint density at radius 2 is 1.55 bits per heavy atom. The zero-order valence-corrected chi connectivity index (χ0v) is 10.4. The fraction of sp³-hybridized carbons (Fsp3) is 0.143. The highest BCUT2D eigenvalue weighted by Gasteiger charge is 2.31. The van der Waals surface area contributed by atoms with Gasteiger partial charge in [0.05, 0.1) is 0 Å². The van der Waals surface area contributed by atoms with Crippen molar-refractivity contribution in [2.75, 3.05) is 0 Å². The molecule has 0 saturated carbocycles. The lowest BCUT2D eigenvalue weighted by molar-refractivity contribution is -0.274. The Balaban J connectivity index is 2.17. The van der Waals surface area contributed by atoms with Crippen LogP contribution in [0.2, 0.25) is 0 Å². The lowest BCUT2D eigenvalue weighted by Crippen LogP contribution is -2.17. The largest absolute Gasteiger partial charge is 0.573 e. The molecule has 0 aliphatic rings. The Labute approximate surface area is 112 Å². The molecule has 0 aliphatic heterocycles. The number of alkyl halides is 3. The van der Waals surface area contributed by atoms with Crippen LogP contribution in [0, 0.1) is 12.7 Å². The third kappa shape index (κ3) is 3.88. The highest BCUT2D eigenvalue weighted by molar-refractivity contribution is 5.37. The first kappa shape index (κ1) is 14.2. The van der Waals surface area contributed by atoms with Gasteiger partial charge in [-0.05, 0) is 30.7 Å². The Hall–Kier alpha value is -2.24. The van der Waals surface area contributed by atoms with Crippen LogP contribution in [-0.2, 0) is 0 Å². The molecular formula is C14H10F4O2. The SMILES string of the molecule is Cc1ccc(Oc2cccc(OC(F)(F)F)c2)cc1F. The first-order chi connectivity index (χ1) is 9.33. The van der Waals surface area contributed by atoms with Crippen molar-refractivity contribution < 1.29 is 27.0 Å². The molecule has 0 radical (unpaired) electrons. The number of benzene rings is 2. The maximum absolute atomic E-state index is 13.3. The minimum atomic E-state index is -4.77. The monoisotopic (exact) mass is 286 g/mol. The van der Waals surface area contributed by atoms with Gasteiger partial charge in [0.25, 0.3) is 0 Å². The fourth-order valence-corrected chi connectivity index (χ4v) is 1.51. The smallest absolute Gasteiger partial charge is 0.457 e. The van der Waals surface area contributed by atoms with E-state index in [1.54, 1.807) is 6.92 Å². The van der Waals surface area contributed by atoms with Gasteiger partial charge in [-0.25, -0.2) is 4.39 Å². The molecule has 2 aromatic rings. The average Bonchev–Trinajstić information content (AvgIpc) is 2.32. The molecule has 0 atom stereocenters. The molecule has 20 heavy (non-hydrogen) atoms. The van der Waals surface area contributed by atoms with Crippen molar-refractivity contribution in [2.45, 2.75) is 13.3 Å². The van der Waals surface area contributed by atoms with Gasteiger partial charge in [0, 0.05) is 12.1 Å². The third-order valence-electron chi connectivity index (χ3n) is 2.42. The first-order valence-electron chi connectivity index (χ1n) is 5.63. The molecule has 0 spiro atoms. The second-order valence-electron chi connectivity index (χ2n) is 4.04. The van der Waals surface area contributed by atoms with Gasteiger partial charge in [0.1, 0.15) is 23.1 Å². The maximum Gasteiger partial charge on any atom is 0.573 e. The van der Waals surface area contributed by atoms with Crippen LogP contribution in [-0.4, -0.2) is 6.36 Å². The van der Waals surface area contributed by atoms with E-state index >= 15 is 0 Å². The summed E-state index contributed by atoms with van der Waals surface area (Å²) in [5, 5.41) is 0. The Morgan fingerprint density at radius 3 is 2.20 bits per heavy atom. The summed E-state index contributed by atoms with van der Waals surface area (Å²) in [6.07, 6.45) is -4.77. The standard InChI is InChI=1S/C14H10F4O2/c1-9-5-6-11(8-13(9)15)19-10-3-2-4-12(7-10)20-14(16,17)18/h2-8H,1H3. The minimum Gasteiger partial charge on any atom is -0.457 e. The fourth-order valence-electron chi connectivity index (χ4n) is 1.51. The van der Waals surface area contributed by atoms with E-state index in [1.807, 2.05) is 0 Å². The van der Waals surface area contributed by atoms with E-state index in [-0.39, 0.29) is 11.5 Å². The lowest BCUT2D eigenvalue weighted by Gasteiger charge is -2.11. The van der Waals surface area contributed by atoms with Gasteiger partial charge in [0.15, 0.2) is 0 Å². The van der Waals surface area contributed by atoms with E-state index in [0.717, 1.165) is 18.2 Å². The van der Waals surface area contributed by atoms with Gasteiger partial charge >= 0.3 is 6.36 Å². The zero-order valence-electron chi connectivity index (χ0n) is 10.4. The van der Waals surface area contributed by atoms with Gasteiger partial charge in [-0.15, -0.1) is 13.2 Å². The first-order valence-corrected chi connectivity index (χ1v) is 5.63. The quantitative estimate of drug-likeness (QED) is 0.753. The van der Waals surface area contributed by atoms with Crippen molar-refractivity contribution in [3.8, 4) is 17.2 Å². The van der Waals surface area contributed by atoms with Crippen molar-refractivity contribution in [2.24, 2.45) is 0 Å². The summed E-state index contributed by atoms with van der Waals surface area (Å²) in [5.41, 5.74) is 0.450. The van der Waals surface area contributed by atoms with Crippen LogP contribution in [0.1, 0.15) is 5.56 Å². The summed E-state index contributed by atoms with van der Waals surface area (Å²) in [5.74, 6) is -0.542. The number of aryl methyl sites for hydroxylation is 1. The predicted octanol–water partition coefficient (Wildman–Crippen LogP) is 4.83. The summed E-state index contributed by atoms with van der Waals surface area (Å²) < 4.78 is 58.6. The number of hydrogen-bond acceptors (Lipinski definition) is 2. The van der Waals surface area contributed by atoms with Crippen molar-refractivity contribution in [3.63, 3.8) is 0 Å². The summed E-state index contributed by atoms with van der Waals surface area (Å²) in [6.45, 7) is 1.59. The lowest BCUT2D eigenvalue weighted by atomic mass is 10.2. The van der Waals surface area contributed by atoms with E-state index in [9.17, 15) is 17.6 Å². The maximum atomic E-state index is 13.3. The summed E-state index contributed by atoms with van der Waals surface area (Å²) >= 11 is 0. The number of ether oxygens (including phenoxy) is 2. The molecule has 2 aromatic carbocycles. The van der Waals surface area contributed by atoms with Crippen LogP contribution in [0.25, 0.3) is 0 Å². The molecule has 0 fully saturated rings. The number of rotatable bonds is 3. The molecule has 2 rings (SSSR count). The van der Waals surface area contributed by atoms with E-state index < -0.39 is 17.9 Å². The third-order valence-corrected chi connectivity index (χ3v) is 2.42. The predicted molar refractivity (Wildman–Crippen MR) is 64.3 cm³/mol. The summed E-state index contributed by atoms with van der Waals surface area (Å²) in [4.78, 5) is 0. The molecule has 2 nitrogen and oxygen atoms in total. The van der Waals surface area contributed by atoms with Crippen LogP contribution in [0.5, 0.6) is 17.2 Å². The van der Waals surface area contributed by atoms with Gasteiger partial charge in [-0.3, -0.25) is 0 Å². The van der Waals surface area contributed by atoms with E-state index in [2.05, 4.69) is 4.74 Å². The van der Waals surface area contributed by atoms with Gasteiger partial charge in [0.2, 0.25) is 0 Å². The molecule has 0 bridgehead atoms. The molecular weight excluding hydrogens is 276 g/mol. The zero-order chi connectivity index (χ0) is 14.8. The van der Waals surface area contributed by atoms with E-state index in [0.29, 0.717) is 5.56 Å². The molecule has 0 saturated heterocycles. The van der Waals surface area contributed by atoms with Gasteiger partial charge in [-0.1, -0.05) is 12.1 Å². The molecule has 0 heterocycles. The second-order valence-corrected chi connectivity index (χ2v) is 4.04. The number of halogens is 4. The van der Waals surface area contributed by atoms with Crippen LogP contribution >= 0.6 is 0 Å². The molecule has 0 aliphatic carbocycles. The van der Waals surface area contributed by atoms with Crippen molar-refractivity contribution in [1.29, 1.82) is 0 Å². The Bertz CT molecular complexity index is 608. The summed E-state index contributed by atoms with van der Waals surface area (Å²) in [7, 11) is 0. The van der Waals surface area contributed by atoms with Gasteiger partial charge in [-0.2, -0.15) is 0 Å². The van der Waals surface area contributed by atoms with Crippen molar-refractivity contribution in [3.05, 3.63) is 53.8 Å². The normalized spacial score (nSPS) is 11.2. The molecule has 6 heteroatoms. The van der Waals surface area contributed by atoms with E-state index in [4.69, 9.17) is 4.74 Å². The van der Waals surface area contributed by atoms with Crippen LogP contribution < -0.4 is 9.47 Å². The van der Waals surface area contributed by atoms with Gasteiger partial charge < -0.3 is 9.47 Å². The highest BCUT2D eigenvalue weighted by Crippen LogP contribution is 2.29.